The van der Waals surface area contributed by atoms with Crippen molar-refractivity contribution in [2.75, 3.05) is 45.9 Å². The quantitative estimate of drug-likeness (QED) is 0.617. The lowest BCUT2D eigenvalue weighted by Crippen LogP contribution is -2.50. The van der Waals surface area contributed by atoms with E-state index >= 15 is 0 Å². The minimum atomic E-state index is 0.0977. The van der Waals surface area contributed by atoms with Crippen molar-refractivity contribution in [3.63, 3.8) is 0 Å². The zero-order valence-electron chi connectivity index (χ0n) is 13.3. The van der Waals surface area contributed by atoms with Crippen LogP contribution in [0.3, 0.4) is 0 Å². The van der Waals surface area contributed by atoms with Crippen LogP contribution in [0.2, 0.25) is 0 Å². The van der Waals surface area contributed by atoms with E-state index < -0.39 is 0 Å². The van der Waals surface area contributed by atoms with Crippen LogP contribution in [0.15, 0.2) is 0 Å². The van der Waals surface area contributed by atoms with Gasteiger partial charge in [-0.2, -0.15) is 0 Å². The molecule has 1 heterocycles. The average molecular weight is 285 g/mol. The van der Waals surface area contributed by atoms with Crippen molar-refractivity contribution < 1.29 is 9.53 Å². The van der Waals surface area contributed by atoms with Crippen molar-refractivity contribution >= 4 is 5.91 Å². The fraction of sp³-hybridized carbons (Fsp3) is 0.933. The van der Waals surface area contributed by atoms with Gasteiger partial charge in [0.1, 0.15) is 0 Å². The van der Waals surface area contributed by atoms with Crippen LogP contribution in [0.25, 0.3) is 0 Å². The monoisotopic (exact) mass is 285 g/mol. The Morgan fingerprint density at radius 1 is 1.30 bits per heavy atom. The summed E-state index contributed by atoms with van der Waals surface area (Å²) < 4.78 is 5.41. The maximum absolute atomic E-state index is 11.8. The van der Waals surface area contributed by atoms with Crippen LogP contribution in [0.1, 0.15) is 33.6 Å². The van der Waals surface area contributed by atoms with Gasteiger partial charge in [-0.3, -0.25) is 9.69 Å². The van der Waals surface area contributed by atoms with E-state index in [-0.39, 0.29) is 5.91 Å². The molecule has 0 aliphatic carbocycles. The maximum atomic E-state index is 11.8. The van der Waals surface area contributed by atoms with E-state index in [1.165, 1.54) is 0 Å². The Morgan fingerprint density at radius 3 is 2.60 bits per heavy atom. The lowest BCUT2D eigenvalue weighted by atomic mass is 10.0. The van der Waals surface area contributed by atoms with E-state index in [1.807, 2.05) is 0 Å². The minimum absolute atomic E-state index is 0.0977. The molecule has 1 rings (SSSR count). The first-order valence-corrected chi connectivity index (χ1v) is 7.92. The standard InChI is InChI=1S/C15H31N3O2/c1-4-5-16-12-15(19)17-11-14(10-13(2)3)18-6-8-20-9-7-18/h13-14,16H,4-12H2,1-3H3,(H,17,19). The smallest absolute Gasteiger partial charge is 0.234 e. The summed E-state index contributed by atoms with van der Waals surface area (Å²) in [6, 6.07) is 0.425. The zero-order chi connectivity index (χ0) is 14.8. The van der Waals surface area contributed by atoms with Crippen molar-refractivity contribution in [1.82, 2.24) is 15.5 Å². The highest BCUT2D eigenvalue weighted by Gasteiger charge is 2.22. The summed E-state index contributed by atoms with van der Waals surface area (Å²) >= 11 is 0. The number of hydrogen-bond donors (Lipinski definition) is 2. The third kappa shape index (κ3) is 7.22. The predicted octanol–water partition coefficient (Wildman–Crippen LogP) is 0.849. The van der Waals surface area contributed by atoms with Crippen molar-refractivity contribution in [3.8, 4) is 0 Å². The molecule has 1 atom stereocenters. The molecule has 0 radical (unpaired) electrons. The first kappa shape index (κ1) is 17.4. The molecule has 0 aromatic rings. The summed E-state index contributed by atoms with van der Waals surface area (Å²) in [4.78, 5) is 14.2. The molecule has 0 aromatic heterocycles. The summed E-state index contributed by atoms with van der Waals surface area (Å²) in [6.45, 7) is 12.2. The molecular weight excluding hydrogens is 254 g/mol. The van der Waals surface area contributed by atoms with Crippen LogP contribution in [0.4, 0.5) is 0 Å². The molecule has 1 saturated heterocycles. The van der Waals surface area contributed by atoms with Gasteiger partial charge in [0.2, 0.25) is 5.91 Å². The van der Waals surface area contributed by atoms with Gasteiger partial charge in [-0.05, 0) is 25.3 Å². The molecule has 0 bridgehead atoms. The molecular formula is C15H31N3O2. The van der Waals surface area contributed by atoms with Crippen molar-refractivity contribution in [2.24, 2.45) is 5.92 Å². The summed E-state index contributed by atoms with van der Waals surface area (Å²) in [7, 11) is 0. The summed E-state index contributed by atoms with van der Waals surface area (Å²) in [5.41, 5.74) is 0. The number of morpholine rings is 1. The molecule has 118 valence electrons. The highest BCUT2D eigenvalue weighted by molar-refractivity contribution is 5.77. The molecule has 0 spiro atoms. The Kier molecular flexibility index (Phi) is 8.82. The Labute approximate surface area is 123 Å². The molecule has 2 N–H and O–H groups in total. The van der Waals surface area contributed by atoms with E-state index in [1.54, 1.807) is 0 Å². The van der Waals surface area contributed by atoms with E-state index in [0.29, 0.717) is 18.5 Å². The maximum Gasteiger partial charge on any atom is 0.234 e. The Hall–Kier alpha value is -0.650. The molecule has 0 aromatic carbocycles. The molecule has 1 amide bonds. The second kappa shape index (κ2) is 10.1. The molecule has 1 unspecified atom stereocenters. The summed E-state index contributed by atoms with van der Waals surface area (Å²) in [5.74, 6) is 0.735. The van der Waals surface area contributed by atoms with Gasteiger partial charge in [-0.1, -0.05) is 20.8 Å². The van der Waals surface area contributed by atoms with Gasteiger partial charge in [0.15, 0.2) is 0 Å². The van der Waals surface area contributed by atoms with Crippen LogP contribution in [-0.4, -0.2) is 62.8 Å². The van der Waals surface area contributed by atoms with Gasteiger partial charge in [-0.15, -0.1) is 0 Å². The zero-order valence-corrected chi connectivity index (χ0v) is 13.3. The topological polar surface area (TPSA) is 53.6 Å². The number of ether oxygens (including phenoxy) is 1. The van der Waals surface area contributed by atoms with Crippen molar-refractivity contribution in [2.45, 2.75) is 39.7 Å². The van der Waals surface area contributed by atoms with Gasteiger partial charge in [0, 0.05) is 25.7 Å². The normalized spacial score (nSPS) is 18.2. The molecule has 1 aliphatic rings. The van der Waals surface area contributed by atoms with Crippen LogP contribution >= 0.6 is 0 Å². The molecule has 0 saturated carbocycles. The first-order chi connectivity index (χ1) is 9.63. The molecule has 20 heavy (non-hydrogen) atoms. The lowest BCUT2D eigenvalue weighted by molar-refractivity contribution is -0.120. The molecule has 5 nitrogen and oxygen atoms in total. The predicted molar refractivity (Wildman–Crippen MR) is 81.8 cm³/mol. The van der Waals surface area contributed by atoms with E-state index in [2.05, 4.69) is 36.3 Å². The Balaban J connectivity index is 2.33. The van der Waals surface area contributed by atoms with Gasteiger partial charge < -0.3 is 15.4 Å². The third-order valence-corrected chi connectivity index (χ3v) is 3.55. The fourth-order valence-electron chi connectivity index (χ4n) is 2.52. The fourth-order valence-corrected chi connectivity index (χ4v) is 2.52. The Bertz CT molecular complexity index is 266. The highest BCUT2D eigenvalue weighted by Crippen LogP contribution is 2.12. The van der Waals surface area contributed by atoms with Gasteiger partial charge in [0.05, 0.1) is 19.8 Å². The molecule has 5 heteroatoms. The third-order valence-electron chi connectivity index (χ3n) is 3.55. The van der Waals surface area contributed by atoms with Gasteiger partial charge in [-0.25, -0.2) is 0 Å². The number of hydrogen-bond acceptors (Lipinski definition) is 4. The highest BCUT2D eigenvalue weighted by atomic mass is 16.5. The Morgan fingerprint density at radius 2 is 2.00 bits per heavy atom. The summed E-state index contributed by atoms with van der Waals surface area (Å²) in [6.07, 6.45) is 2.17. The number of carbonyl (C=O) groups is 1. The molecule has 1 fully saturated rings. The number of nitrogens with zero attached hydrogens (tertiary/aromatic N) is 1. The van der Waals surface area contributed by atoms with Gasteiger partial charge in [0.25, 0.3) is 0 Å². The number of carbonyl (C=O) groups excluding carboxylic acids is 1. The van der Waals surface area contributed by atoms with Gasteiger partial charge >= 0.3 is 0 Å². The van der Waals surface area contributed by atoms with E-state index in [4.69, 9.17) is 4.74 Å². The van der Waals surface area contributed by atoms with Crippen LogP contribution in [-0.2, 0) is 9.53 Å². The molecule has 1 aliphatic heterocycles. The van der Waals surface area contributed by atoms with Crippen molar-refractivity contribution in [3.05, 3.63) is 0 Å². The van der Waals surface area contributed by atoms with Crippen molar-refractivity contribution in [1.29, 1.82) is 0 Å². The average Bonchev–Trinajstić information content (AvgIpc) is 2.44. The van der Waals surface area contributed by atoms with E-state index in [0.717, 1.165) is 52.2 Å². The largest absolute Gasteiger partial charge is 0.379 e. The SMILES string of the molecule is CCCNCC(=O)NCC(CC(C)C)N1CCOCC1. The summed E-state index contributed by atoms with van der Waals surface area (Å²) in [5, 5.41) is 6.19. The first-order valence-electron chi connectivity index (χ1n) is 7.92. The minimum Gasteiger partial charge on any atom is -0.379 e. The number of rotatable bonds is 9. The lowest BCUT2D eigenvalue weighted by Gasteiger charge is -2.35. The van der Waals surface area contributed by atoms with Crippen LogP contribution in [0.5, 0.6) is 0 Å². The second-order valence-corrected chi connectivity index (χ2v) is 5.91. The van der Waals surface area contributed by atoms with Crippen LogP contribution in [0, 0.1) is 5.92 Å². The second-order valence-electron chi connectivity index (χ2n) is 5.91. The van der Waals surface area contributed by atoms with Crippen LogP contribution < -0.4 is 10.6 Å². The number of nitrogens with one attached hydrogen (secondary N) is 2. The number of amides is 1. The van der Waals surface area contributed by atoms with E-state index in [9.17, 15) is 4.79 Å².